The third-order valence-electron chi connectivity index (χ3n) is 4.26. The maximum absolute atomic E-state index is 12.7. The van der Waals surface area contributed by atoms with Gasteiger partial charge >= 0.3 is 0 Å². The number of nitrogens with one attached hydrogen (secondary N) is 1. The van der Waals surface area contributed by atoms with Crippen molar-refractivity contribution in [3.8, 4) is 0 Å². The highest BCUT2D eigenvalue weighted by Crippen LogP contribution is 2.34. The molecule has 112 valence electrons. The first-order valence-corrected chi connectivity index (χ1v) is 7.81. The molecule has 4 nitrogen and oxygen atoms in total. The Hall–Kier alpha value is -1.26. The van der Waals surface area contributed by atoms with Gasteiger partial charge in [-0.15, -0.1) is 0 Å². The Labute approximate surface area is 133 Å². The van der Waals surface area contributed by atoms with Crippen LogP contribution in [0.5, 0.6) is 0 Å². The van der Waals surface area contributed by atoms with Crippen LogP contribution in [0.15, 0.2) is 18.2 Å². The molecule has 0 unspecified atom stereocenters. The van der Waals surface area contributed by atoms with E-state index in [4.69, 9.17) is 23.2 Å². The molecule has 2 aliphatic rings. The van der Waals surface area contributed by atoms with Gasteiger partial charge in [-0.1, -0.05) is 48.2 Å². The van der Waals surface area contributed by atoms with E-state index in [-0.39, 0.29) is 18.4 Å². The Balaban J connectivity index is 1.86. The van der Waals surface area contributed by atoms with Crippen molar-refractivity contribution in [1.29, 1.82) is 0 Å². The summed E-state index contributed by atoms with van der Waals surface area (Å²) in [5, 5.41) is 3.79. The van der Waals surface area contributed by atoms with E-state index in [0.717, 1.165) is 31.2 Å². The lowest BCUT2D eigenvalue weighted by Crippen LogP contribution is -2.65. The van der Waals surface area contributed by atoms with E-state index >= 15 is 0 Å². The first-order chi connectivity index (χ1) is 10.0. The van der Waals surface area contributed by atoms with E-state index in [2.05, 4.69) is 5.32 Å². The summed E-state index contributed by atoms with van der Waals surface area (Å²) in [7, 11) is 0. The second kappa shape index (κ2) is 5.50. The largest absolute Gasteiger partial charge is 0.340 e. The number of carbonyl (C=O) groups is 2. The van der Waals surface area contributed by atoms with Crippen molar-refractivity contribution in [2.75, 3.05) is 6.54 Å². The molecule has 3 rings (SSSR count). The van der Waals surface area contributed by atoms with Gasteiger partial charge in [-0.25, -0.2) is 0 Å². The predicted octanol–water partition coefficient (Wildman–Crippen LogP) is 2.76. The number of hydrogen-bond acceptors (Lipinski definition) is 2. The van der Waals surface area contributed by atoms with Crippen LogP contribution in [-0.2, 0) is 16.1 Å². The van der Waals surface area contributed by atoms with Crippen LogP contribution in [0, 0.1) is 0 Å². The molecule has 1 N–H and O–H groups in total. The van der Waals surface area contributed by atoms with E-state index in [9.17, 15) is 9.59 Å². The topological polar surface area (TPSA) is 49.4 Å². The molecule has 2 fully saturated rings. The molecule has 0 aromatic heterocycles. The molecule has 1 spiro atoms. The second-order valence-corrected chi connectivity index (χ2v) is 6.50. The Morgan fingerprint density at radius 1 is 1.19 bits per heavy atom. The fraction of sp³-hybridized carbons (Fsp3) is 0.467. The highest BCUT2D eigenvalue weighted by molar-refractivity contribution is 6.42. The first kappa shape index (κ1) is 14.7. The lowest BCUT2D eigenvalue weighted by Gasteiger charge is -2.39. The quantitative estimate of drug-likeness (QED) is 0.908. The third kappa shape index (κ3) is 2.62. The standard InChI is InChI=1S/C15H16Cl2N2O2/c16-11-5-3-4-10(13(11)17)8-19-9-12(20)18-15(14(19)21)6-1-2-7-15/h3-5H,1-2,6-9H2,(H,18,20). The van der Waals surface area contributed by atoms with Gasteiger partial charge in [0.15, 0.2) is 0 Å². The van der Waals surface area contributed by atoms with Crippen LogP contribution in [0.2, 0.25) is 10.0 Å². The Bertz CT molecular complexity index is 597. The van der Waals surface area contributed by atoms with Crippen LogP contribution >= 0.6 is 23.2 Å². The smallest absolute Gasteiger partial charge is 0.249 e. The Morgan fingerprint density at radius 2 is 1.90 bits per heavy atom. The molecular formula is C15H16Cl2N2O2. The highest BCUT2D eigenvalue weighted by Gasteiger charge is 2.48. The summed E-state index contributed by atoms with van der Waals surface area (Å²) in [5.74, 6) is -0.106. The van der Waals surface area contributed by atoms with Gasteiger partial charge in [-0.2, -0.15) is 0 Å². The summed E-state index contributed by atoms with van der Waals surface area (Å²) in [6, 6.07) is 5.33. The minimum atomic E-state index is -0.694. The molecule has 6 heteroatoms. The van der Waals surface area contributed by atoms with E-state index < -0.39 is 5.54 Å². The Kier molecular flexibility index (Phi) is 3.84. The summed E-state index contributed by atoms with van der Waals surface area (Å²) in [6.45, 7) is 0.386. The highest BCUT2D eigenvalue weighted by atomic mass is 35.5. The molecule has 1 aliphatic heterocycles. The van der Waals surface area contributed by atoms with Gasteiger partial charge in [-0.05, 0) is 24.5 Å². The zero-order valence-corrected chi connectivity index (χ0v) is 13.0. The third-order valence-corrected chi connectivity index (χ3v) is 5.12. The molecule has 2 amide bonds. The minimum absolute atomic E-state index is 0.00404. The zero-order chi connectivity index (χ0) is 15.0. The van der Waals surface area contributed by atoms with Crippen molar-refractivity contribution >= 4 is 35.0 Å². The number of benzene rings is 1. The molecule has 0 bridgehead atoms. The summed E-state index contributed by atoms with van der Waals surface area (Å²) in [4.78, 5) is 26.3. The molecular weight excluding hydrogens is 311 g/mol. The van der Waals surface area contributed by atoms with Crippen molar-refractivity contribution in [3.63, 3.8) is 0 Å². The zero-order valence-electron chi connectivity index (χ0n) is 11.5. The minimum Gasteiger partial charge on any atom is -0.340 e. The van der Waals surface area contributed by atoms with E-state index in [1.54, 1.807) is 17.0 Å². The van der Waals surface area contributed by atoms with Gasteiger partial charge in [0.1, 0.15) is 5.54 Å². The van der Waals surface area contributed by atoms with E-state index in [1.807, 2.05) is 6.07 Å². The summed E-state index contributed by atoms with van der Waals surface area (Å²) < 4.78 is 0. The second-order valence-electron chi connectivity index (χ2n) is 5.71. The summed E-state index contributed by atoms with van der Waals surface area (Å²) in [5.41, 5.74) is 0.0702. The van der Waals surface area contributed by atoms with Crippen molar-refractivity contribution in [2.24, 2.45) is 0 Å². The van der Waals surface area contributed by atoms with Gasteiger partial charge in [-0.3, -0.25) is 9.59 Å². The van der Waals surface area contributed by atoms with Gasteiger partial charge < -0.3 is 10.2 Å². The molecule has 1 heterocycles. The number of nitrogens with zero attached hydrogens (tertiary/aromatic N) is 1. The van der Waals surface area contributed by atoms with Crippen LogP contribution < -0.4 is 5.32 Å². The number of piperazine rings is 1. The van der Waals surface area contributed by atoms with Crippen LogP contribution in [0.4, 0.5) is 0 Å². The van der Waals surface area contributed by atoms with Gasteiger partial charge in [0.05, 0.1) is 16.6 Å². The number of rotatable bonds is 2. The van der Waals surface area contributed by atoms with Crippen molar-refractivity contribution in [1.82, 2.24) is 10.2 Å². The first-order valence-electron chi connectivity index (χ1n) is 7.05. The van der Waals surface area contributed by atoms with Crippen LogP contribution in [0.25, 0.3) is 0 Å². The number of amides is 2. The number of halogens is 2. The Morgan fingerprint density at radius 3 is 2.62 bits per heavy atom. The lowest BCUT2D eigenvalue weighted by molar-refractivity contribution is -0.150. The maximum atomic E-state index is 12.7. The molecule has 1 aromatic carbocycles. The lowest BCUT2D eigenvalue weighted by atomic mass is 9.93. The van der Waals surface area contributed by atoms with Crippen molar-refractivity contribution < 1.29 is 9.59 Å². The normalized spacial score (nSPS) is 21.0. The SMILES string of the molecule is O=C1CN(Cc2cccc(Cl)c2Cl)C(=O)C2(CCCC2)N1. The van der Waals surface area contributed by atoms with E-state index in [0.29, 0.717) is 16.6 Å². The van der Waals surface area contributed by atoms with Crippen LogP contribution in [0.3, 0.4) is 0 Å². The predicted molar refractivity (Wildman–Crippen MR) is 81.2 cm³/mol. The molecule has 1 saturated heterocycles. The fourth-order valence-corrected chi connectivity index (χ4v) is 3.61. The molecule has 0 radical (unpaired) electrons. The molecule has 21 heavy (non-hydrogen) atoms. The number of carbonyl (C=O) groups excluding carboxylic acids is 2. The summed E-state index contributed by atoms with van der Waals surface area (Å²) in [6.07, 6.45) is 3.38. The fourth-order valence-electron chi connectivity index (χ4n) is 3.23. The summed E-state index contributed by atoms with van der Waals surface area (Å²) >= 11 is 12.2. The molecule has 0 atom stereocenters. The molecule has 1 saturated carbocycles. The van der Waals surface area contributed by atoms with Gasteiger partial charge in [0.2, 0.25) is 11.8 Å². The van der Waals surface area contributed by atoms with Crippen LogP contribution in [-0.4, -0.2) is 28.8 Å². The van der Waals surface area contributed by atoms with Crippen molar-refractivity contribution in [2.45, 2.75) is 37.8 Å². The van der Waals surface area contributed by atoms with E-state index in [1.165, 1.54) is 0 Å². The maximum Gasteiger partial charge on any atom is 0.249 e. The van der Waals surface area contributed by atoms with Crippen LogP contribution in [0.1, 0.15) is 31.2 Å². The average molecular weight is 327 g/mol. The van der Waals surface area contributed by atoms with Gasteiger partial charge in [0, 0.05) is 6.54 Å². The number of hydrogen-bond donors (Lipinski definition) is 1. The molecule has 1 aromatic rings. The van der Waals surface area contributed by atoms with Crippen molar-refractivity contribution in [3.05, 3.63) is 33.8 Å². The monoisotopic (exact) mass is 326 g/mol. The van der Waals surface area contributed by atoms with Gasteiger partial charge in [0.25, 0.3) is 0 Å². The molecule has 1 aliphatic carbocycles. The average Bonchev–Trinajstić information content (AvgIpc) is 2.90.